The first kappa shape index (κ1) is 10.9. The molecule has 0 radical (unpaired) electrons. The molecule has 0 amide bonds. The zero-order valence-corrected chi connectivity index (χ0v) is 10.1. The second kappa shape index (κ2) is 4.09. The molecular formula is C11H9BrN2O2. The van der Waals surface area contributed by atoms with Crippen LogP contribution in [0.2, 0.25) is 0 Å². The molecule has 4 nitrogen and oxygen atoms in total. The summed E-state index contributed by atoms with van der Waals surface area (Å²) in [5, 5.41) is 12.9. The SMILES string of the molecule is Cn1nc(C(=O)O)c(Br)c1-c1ccccc1. The number of carboxylic acids is 1. The molecule has 82 valence electrons. The van der Waals surface area contributed by atoms with Gasteiger partial charge in [-0.1, -0.05) is 30.3 Å². The fraction of sp³-hybridized carbons (Fsp3) is 0.0909. The van der Waals surface area contributed by atoms with E-state index >= 15 is 0 Å². The average Bonchev–Trinajstić information content (AvgIpc) is 2.56. The van der Waals surface area contributed by atoms with Crippen molar-refractivity contribution in [1.29, 1.82) is 0 Å². The molecule has 1 aromatic heterocycles. The van der Waals surface area contributed by atoms with E-state index in [2.05, 4.69) is 21.0 Å². The van der Waals surface area contributed by atoms with Crippen LogP contribution >= 0.6 is 15.9 Å². The number of nitrogens with zero attached hydrogens (tertiary/aromatic N) is 2. The van der Waals surface area contributed by atoms with Gasteiger partial charge in [0.1, 0.15) is 0 Å². The summed E-state index contributed by atoms with van der Waals surface area (Å²) in [4.78, 5) is 10.9. The Labute approximate surface area is 101 Å². The molecule has 0 saturated carbocycles. The second-order valence-electron chi connectivity index (χ2n) is 3.31. The number of aromatic nitrogens is 2. The fourth-order valence-electron chi connectivity index (χ4n) is 1.54. The van der Waals surface area contributed by atoms with Gasteiger partial charge in [0.15, 0.2) is 5.69 Å². The molecule has 0 unspecified atom stereocenters. The highest BCUT2D eigenvalue weighted by molar-refractivity contribution is 9.10. The van der Waals surface area contributed by atoms with Crippen LogP contribution in [0, 0.1) is 0 Å². The van der Waals surface area contributed by atoms with E-state index in [0.29, 0.717) is 4.47 Å². The highest BCUT2D eigenvalue weighted by Gasteiger charge is 2.19. The van der Waals surface area contributed by atoms with Gasteiger partial charge in [-0.2, -0.15) is 5.10 Å². The highest BCUT2D eigenvalue weighted by Crippen LogP contribution is 2.30. The number of halogens is 1. The van der Waals surface area contributed by atoms with E-state index in [4.69, 9.17) is 5.11 Å². The standard InChI is InChI=1S/C11H9BrN2O2/c1-14-10(7-5-3-2-4-6-7)8(12)9(13-14)11(15)16/h2-6H,1H3,(H,15,16). The van der Waals surface area contributed by atoms with Gasteiger partial charge in [0.2, 0.25) is 0 Å². The van der Waals surface area contributed by atoms with Crippen LogP contribution in [0.1, 0.15) is 10.5 Å². The van der Waals surface area contributed by atoms with Crippen molar-refractivity contribution in [3.8, 4) is 11.3 Å². The number of carbonyl (C=O) groups is 1. The molecule has 0 fully saturated rings. The van der Waals surface area contributed by atoms with Crippen molar-refractivity contribution in [2.45, 2.75) is 0 Å². The van der Waals surface area contributed by atoms with Crippen molar-refractivity contribution >= 4 is 21.9 Å². The van der Waals surface area contributed by atoms with Gasteiger partial charge in [-0.05, 0) is 15.9 Å². The Morgan fingerprint density at radius 2 is 2.00 bits per heavy atom. The smallest absolute Gasteiger partial charge is 0.357 e. The molecule has 0 bridgehead atoms. The van der Waals surface area contributed by atoms with Crippen molar-refractivity contribution in [1.82, 2.24) is 9.78 Å². The Bertz CT molecular complexity index is 534. The van der Waals surface area contributed by atoms with E-state index < -0.39 is 5.97 Å². The zero-order chi connectivity index (χ0) is 11.7. The predicted octanol–water partition coefficient (Wildman–Crippen LogP) is 2.55. The normalized spacial score (nSPS) is 10.4. The maximum atomic E-state index is 10.9. The highest BCUT2D eigenvalue weighted by atomic mass is 79.9. The van der Waals surface area contributed by atoms with Crippen LogP contribution in [0.5, 0.6) is 0 Å². The van der Waals surface area contributed by atoms with Crippen LogP contribution in [0.4, 0.5) is 0 Å². The van der Waals surface area contributed by atoms with Crippen LogP contribution in [-0.4, -0.2) is 20.9 Å². The molecule has 16 heavy (non-hydrogen) atoms. The summed E-state index contributed by atoms with van der Waals surface area (Å²) in [6.45, 7) is 0. The van der Waals surface area contributed by atoms with Crippen LogP contribution in [0.25, 0.3) is 11.3 Å². The van der Waals surface area contributed by atoms with Gasteiger partial charge in [0, 0.05) is 12.6 Å². The number of hydrogen-bond donors (Lipinski definition) is 1. The largest absolute Gasteiger partial charge is 0.476 e. The molecule has 0 saturated heterocycles. The van der Waals surface area contributed by atoms with E-state index in [0.717, 1.165) is 11.3 Å². The molecule has 0 atom stereocenters. The summed E-state index contributed by atoms with van der Waals surface area (Å²) in [6.07, 6.45) is 0. The van der Waals surface area contributed by atoms with Crippen molar-refractivity contribution in [2.24, 2.45) is 7.05 Å². The summed E-state index contributed by atoms with van der Waals surface area (Å²) in [5.41, 5.74) is 1.72. The molecule has 1 N–H and O–H groups in total. The molecule has 0 aliphatic rings. The Morgan fingerprint density at radius 1 is 1.38 bits per heavy atom. The first-order valence-corrected chi connectivity index (χ1v) is 5.41. The second-order valence-corrected chi connectivity index (χ2v) is 4.10. The summed E-state index contributed by atoms with van der Waals surface area (Å²) < 4.78 is 2.07. The Hall–Kier alpha value is -1.62. The molecule has 0 spiro atoms. The van der Waals surface area contributed by atoms with Gasteiger partial charge >= 0.3 is 5.97 Å². The van der Waals surface area contributed by atoms with Crippen LogP contribution < -0.4 is 0 Å². The average molecular weight is 281 g/mol. The first-order valence-electron chi connectivity index (χ1n) is 4.62. The van der Waals surface area contributed by atoms with E-state index in [-0.39, 0.29) is 5.69 Å². The number of carboxylic acid groups (broad SMARTS) is 1. The van der Waals surface area contributed by atoms with Crippen molar-refractivity contribution < 1.29 is 9.90 Å². The van der Waals surface area contributed by atoms with Crippen LogP contribution in [-0.2, 0) is 7.05 Å². The van der Waals surface area contributed by atoms with Crippen molar-refractivity contribution in [2.75, 3.05) is 0 Å². The molecule has 0 aliphatic heterocycles. The van der Waals surface area contributed by atoms with Gasteiger partial charge in [-0.15, -0.1) is 0 Å². The molecule has 2 aromatic rings. The zero-order valence-electron chi connectivity index (χ0n) is 8.51. The number of aromatic carboxylic acids is 1. The number of benzene rings is 1. The number of aryl methyl sites for hydroxylation is 1. The van der Waals surface area contributed by atoms with E-state index in [1.807, 2.05) is 30.3 Å². The molecule has 5 heteroatoms. The summed E-state index contributed by atoms with van der Waals surface area (Å²) in [7, 11) is 1.72. The Balaban J connectivity index is 2.63. The number of rotatable bonds is 2. The van der Waals surface area contributed by atoms with E-state index in [9.17, 15) is 4.79 Å². The fourth-order valence-corrected chi connectivity index (χ4v) is 2.28. The number of hydrogen-bond acceptors (Lipinski definition) is 2. The lowest BCUT2D eigenvalue weighted by molar-refractivity contribution is 0.0688. The Kier molecular flexibility index (Phi) is 2.78. The van der Waals surface area contributed by atoms with Crippen molar-refractivity contribution in [3.05, 3.63) is 40.5 Å². The van der Waals surface area contributed by atoms with E-state index in [1.165, 1.54) is 0 Å². The lowest BCUT2D eigenvalue weighted by Crippen LogP contribution is -1.99. The van der Waals surface area contributed by atoms with E-state index in [1.54, 1.807) is 11.7 Å². The minimum absolute atomic E-state index is 0.0290. The van der Waals surface area contributed by atoms with Gasteiger partial charge in [0.25, 0.3) is 0 Å². The first-order chi connectivity index (χ1) is 7.61. The Morgan fingerprint density at radius 3 is 2.50 bits per heavy atom. The predicted molar refractivity (Wildman–Crippen MR) is 63.3 cm³/mol. The molecule has 1 aromatic carbocycles. The maximum absolute atomic E-state index is 10.9. The van der Waals surface area contributed by atoms with Gasteiger partial charge in [-0.3, -0.25) is 4.68 Å². The quantitative estimate of drug-likeness (QED) is 0.920. The topological polar surface area (TPSA) is 55.1 Å². The third-order valence-corrected chi connectivity index (χ3v) is 2.99. The minimum Gasteiger partial charge on any atom is -0.476 e. The summed E-state index contributed by atoms with van der Waals surface area (Å²) in [6, 6.07) is 9.52. The van der Waals surface area contributed by atoms with Crippen LogP contribution in [0.15, 0.2) is 34.8 Å². The molecule has 2 rings (SSSR count). The van der Waals surface area contributed by atoms with Gasteiger partial charge in [0.05, 0.1) is 10.2 Å². The molecular weight excluding hydrogens is 272 g/mol. The lowest BCUT2D eigenvalue weighted by Gasteiger charge is -2.01. The third kappa shape index (κ3) is 1.74. The van der Waals surface area contributed by atoms with Gasteiger partial charge < -0.3 is 5.11 Å². The molecule has 1 heterocycles. The minimum atomic E-state index is -1.04. The lowest BCUT2D eigenvalue weighted by atomic mass is 10.1. The monoisotopic (exact) mass is 280 g/mol. The molecule has 0 aliphatic carbocycles. The summed E-state index contributed by atoms with van der Waals surface area (Å²) in [5.74, 6) is -1.04. The van der Waals surface area contributed by atoms with Gasteiger partial charge in [-0.25, -0.2) is 4.79 Å². The maximum Gasteiger partial charge on any atom is 0.357 e. The summed E-state index contributed by atoms with van der Waals surface area (Å²) >= 11 is 3.28. The third-order valence-electron chi connectivity index (χ3n) is 2.24. The van der Waals surface area contributed by atoms with Crippen LogP contribution in [0.3, 0.4) is 0 Å². The van der Waals surface area contributed by atoms with Crippen molar-refractivity contribution in [3.63, 3.8) is 0 Å².